The third-order valence-corrected chi connectivity index (χ3v) is 7.12. The second-order valence-electron chi connectivity index (χ2n) is 8.95. The number of amides is 1. The molecular formula is C26H25F3N8OS. The van der Waals surface area contributed by atoms with Gasteiger partial charge in [-0.25, -0.2) is 9.97 Å². The quantitative estimate of drug-likeness (QED) is 0.293. The fourth-order valence-corrected chi connectivity index (χ4v) is 4.81. The molecule has 1 amide bonds. The summed E-state index contributed by atoms with van der Waals surface area (Å²) in [5.74, 6) is -0.664. The first-order valence-electron chi connectivity index (χ1n) is 11.8. The number of hydrogen-bond acceptors (Lipinski definition) is 8. The van der Waals surface area contributed by atoms with Crippen LogP contribution in [0.3, 0.4) is 0 Å². The van der Waals surface area contributed by atoms with Gasteiger partial charge in [0.1, 0.15) is 0 Å². The Morgan fingerprint density at radius 1 is 1.10 bits per heavy atom. The molecule has 2 aromatic carbocycles. The lowest BCUT2D eigenvalue weighted by Gasteiger charge is -2.26. The van der Waals surface area contributed by atoms with Crippen LogP contribution in [0.25, 0.3) is 11.4 Å². The van der Waals surface area contributed by atoms with Gasteiger partial charge in [0.25, 0.3) is 5.91 Å². The molecule has 3 heterocycles. The normalized spacial score (nSPS) is 13.8. The van der Waals surface area contributed by atoms with Crippen molar-refractivity contribution in [2.45, 2.75) is 20.0 Å². The van der Waals surface area contributed by atoms with Gasteiger partial charge in [-0.3, -0.25) is 15.2 Å². The Bertz CT molecular complexity index is 1580. The number of imidazole rings is 1. The maximum atomic E-state index is 13.7. The number of hydrazine groups is 2. The van der Waals surface area contributed by atoms with Gasteiger partial charge >= 0.3 is 6.18 Å². The van der Waals surface area contributed by atoms with Gasteiger partial charge in [0.15, 0.2) is 5.13 Å². The van der Waals surface area contributed by atoms with Crippen LogP contribution in [-0.2, 0) is 6.18 Å². The van der Waals surface area contributed by atoms with Crippen molar-refractivity contribution < 1.29 is 18.0 Å². The van der Waals surface area contributed by atoms with Gasteiger partial charge in [-0.15, -0.1) is 5.12 Å². The van der Waals surface area contributed by atoms with Crippen LogP contribution in [0.15, 0.2) is 61.3 Å². The lowest BCUT2D eigenvalue weighted by molar-refractivity contribution is -0.137. The van der Waals surface area contributed by atoms with Crippen molar-refractivity contribution in [3.05, 3.63) is 88.6 Å². The first kappa shape index (κ1) is 26.3. The Balaban J connectivity index is 1.43. The first-order chi connectivity index (χ1) is 18.5. The molecule has 0 atom stereocenters. The number of rotatable bonds is 6. The number of benzene rings is 2. The molecule has 2 aromatic heterocycles. The van der Waals surface area contributed by atoms with E-state index in [1.165, 1.54) is 28.3 Å². The van der Waals surface area contributed by atoms with E-state index in [2.05, 4.69) is 26.0 Å². The van der Waals surface area contributed by atoms with Crippen LogP contribution in [0, 0.1) is 13.8 Å². The number of carbonyl (C=O) groups excluding carboxylic acids is 1. The van der Waals surface area contributed by atoms with Crippen molar-refractivity contribution >= 4 is 39.4 Å². The number of thiazole rings is 1. The molecule has 0 bridgehead atoms. The number of hydrogen-bond donors (Lipinski definition) is 3. The fourth-order valence-electron chi connectivity index (χ4n) is 4.08. The molecule has 4 aromatic rings. The number of halogens is 3. The third kappa shape index (κ3) is 5.45. The van der Waals surface area contributed by atoms with Crippen molar-refractivity contribution in [2.75, 3.05) is 29.7 Å². The lowest BCUT2D eigenvalue weighted by Crippen LogP contribution is -2.39. The average Bonchev–Trinajstić information content (AvgIpc) is 3.64. The maximum absolute atomic E-state index is 13.7. The Morgan fingerprint density at radius 2 is 1.90 bits per heavy atom. The maximum Gasteiger partial charge on any atom is 0.416 e. The van der Waals surface area contributed by atoms with Crippen molar-refractivity contribution in [2.24, 2.45) is 0 Å². The summed E-state index contributed by atoms with van der Waals surface area (Å²) >= 11 is 1.50. The Kier molecular flexibility index (Phi) is 6.78. The number of carbonyl (C=O) groups is 1. The standard InChI is InChI=1S/C26H25F3N8OS/c1-15-5-6-19(10-22(15)37-13-21(34-35(37)4)23-11-31-25(30-3)39-23)33-24(38)17-7-18(26(27,28)29)9-20(8-17)36-12-16(2)32-14-36/h5-14,34H,1-4H3,(H,30,31)(H,33,38). The monoisotopic (exact) mass is 554 g/mol. The summed E-state index contributed by atoms with van der Waals surface area (Å²) in [6.45, 7) is 3.66. The molecule has 0 spiro atoms. The van der Waals surface area contributed by atoms with E-state index >= 15 is 0 Å². The van der Waals surface area contributed by atoms with Crippen LogP contribution in [0.5, 0.6) is 0 Å². The summed E-state index contributed by atoms with van der Waals surface area (Å²) < 4.78 is 42.4. The predicted octanol–water partition coefficient (Wildman–Crippen LogP) is 5.43. The first-order valence-corrected chi connectivity index (χ1v) is 12.6. The number of anilines is 3. The minimum absolute atomic E-state index is 0.124. The van der Waals surface area contributed by atoms with Gasteiger partial charge in [-0.1, -0.05) is 17.4 Å². The van der Waals surface area contributed by atoms with E-state index < -0.39 is 17.6 Å². The van der Waals surface area contributed by atoms with E-state index in [4.69, 9.17) is 0 Å². The van der Waals surface area contributed by atoms with Gasteiger partial charge in [-0.05, 0) is 49.7 Å². The van der Waals surface area contributed by atoms with E-state index in [0.717, 1.165) is 39.1 Å². The molecule has 0 saturated carbocycles. The highest BCUT2D eigenvalue weighted by molar-refractivity contribution is 7.16. The molecule has 9 nitrogen and oxygen atoms in total. The minimum Gasteiger partial charge on any atom is -0.365 e. The van der Waals surface area contributed by atoms with Gasteiger partial charge in [-0.2, -0.15) is 13.2 Å². The smallest absolute Gasteiger partial charge is 0.365 e. The zero-order valence-electron chi connectivity index (χ0n) is 21.5. The van der Waals surface area contributed by atoms with E-state index in [0.29, 0.717) is 11.4 Å². The summed E-state index contributed by atoms with van der Waals surface area (Å²) in [7, 11) is 3.65. The van der Waals surface area contributed by atoms with Crippen molar-refractivity contribution in [3.8, 4) is 5.69 Å². The van der Waals surface area contributed by atoms with Crippen LogP contribution in [0.2, 0.25) is 0 Å². The molecule has 39 heavy (non-hydrogen) atoms. The largest absolute Gasteiger partial charge is 0.416 e. The predicted molar refractivity (Wildman–Crippen MR) is 145 cm³/mol. The summed E-state index contributed by atoms with van der Waals surface area (Å²) in [6.07, 6.45) is 2.06. The SMILES string of the molecule is CNc1ncc(C2=CN(c3cc(NC(=O)c4cc(-n5cnc(C)c5)cc(C(F)(F)F)c4)ccc3C)N(C)N2)s1. The van der Waals surface area contributed by atoms with Gasteiger partial charge in [0.2, 0.25) is 0 Å². The molecule has 1 aliphatic rings. The van der Waals surface area contributed by atoms with Gasteiger partial charge < -0.3 is 15.2 Å². The van der Waals surface area contributed by atoms with Crippen LogP contribution in [-0.4, -0.2) is 39.7 Å². The third-order valence-electron chi connectivity index (χ3n) is 6.07. The molecule has 0 fully saturated rings. The molecule has 5 rings (SSSR count). The molecule has 0 unspecified atom stereocenters. The Morgan fingerprint density at radius 3 is 2.56 bits per heavy atom. The van der Waals surface area contributed by atoms with Gasteiger partial charge in [0, 0.05) is 49.6 Å². The van der Waals surface area contributed by atoms with E-state index in [1.54, 1.807) is 43.6 Å². The minimum atomic E-state index is -4.62. The molecule has 0 aliphatic carbocycles. The van der Waals surface area contributed by atoms with Crippen LogP contribution < -0.4 is 21.1 Å². The molecule has 0 saturated heterocycles. The highest BCUT2D eigenvalue weighted by Crippen LogP contribution is 2.34. The number of aromatic nitrogens is 3. The Hall–Kier alpha value is -4.36. The zero-order chi connectivity index (χ0) is 27.9. The van der Waals surface area contributed by atoms with Crippen molar-refractivity contribution in [1.82, 2.24) is 25.1 Å². The van der Waals surface area contributed by atoms with Crippen LogP contribution >= 0.6 is 11.3 Å². The molecule has 13 heteroatoms. The van der Waals surface area contributed by atoms with Crippen molar-refractivity contribution in [1.29, 1.82) is 0 Å². The highest BCUT2D eigenvalue weighted by atomic mass is 32.1. The number of aryl methyl sites for hydroxylation is 2. The topological polar surface area (TPSA) is 90.4 Å². The highest BCUT2D eigenvalue weighted by Gasteiger charge is 2.32. The summed E-state index contributed by atoms with van der Waals surface area (Å²) in [5.41, 5.74) is 6.03. The van der Waals surface area contributed by atoms with Crippen LogP contribution in [0.1, 0.15) is 32.1 Å². The van der Waals surface area contributed by atoms with Crippen molar-refractivity contribution in [3.63, 3.8) is 0 Å². The zero-order valence-corrected chi connectivity index (χ0v) is 22.3. The molecule has 3 N–H and O–H groups in total. The molecular weight excluding hydrogens is 529 g/mol. The molecule has 0 radical (unpaired) electrons. The number of nitrogens with zero attached hydrogens (tertiary/aromatic N) is 5. The van der Waals surface area contributed by atoms with Gasteiger partial charge in [0.05, 0.1) is 33.8 Å². The number of nitrogens with one attached hydrogen (secondary N) is 3. The summed E-state index contributed by atoms with van der Waals surface area (Å²) in [6, 6.07) is 8.56. The van der Waals surface area contributed by atoms with E-state index in [-0.39, 0.29) is 11.3 Å². The average molecular weight is 555 g/mol. The lowest BCUT2D eigenvalue weighted by atomic mass is 10.1. The Labute approximate surface area is 226 Å². The van der Waals surface area contributed by atoms with E-state index in [1.807, 2.05) is 31.2 Å². The van der Waals surface area contributed by atoms with Crippen LogP contribution in [0.4, 0.5) is 29.7 Å². The number of alkyl halides is 3. The molecule has 1 aliphatic heterocycles. The summed E-state index contributed by atoms with van der Waals surface area (Å²) in [5, 5.41) is 10.2. The second kappa shape index (κ2) is 10.1. The second-order valence-corrected chi connectivity index (χ2v) is 9.98. The van der Waals surface area contributed by atoms with E-state index in [9.17, 15) is 18.0 Å². The summed E-state index contributed by atoms with van der Waals surface area (Å²) in [4.78, 5) is 22.5. The molecule has 202 valence electrons. The fraction of sp³-hybridized carbons (Fsp3) is 0.192.